The summed E-state index contributed by atoms with van der Waals surface area (Å²) < 4.78 is 10.5. The second kappa shape index (κ2) is 5.53. The van der Waals surface area contributed by atoms with Gasteiger partial charge in [0.25, 0.3) is 0 Å². The number of hydrogen-bond acceptors (Lipinski definition) is 3. The number of rotatable bonds is 3. The number of ketones is 1. The molecule has 0 saturated heterocycles. The number of hydrogen-bond donors (Lipinski definition) is 0. The number of carbonyl (C=O) groups excluding carboxylic acids is 1. The fourth-order valence-corrected chi connectivity index (χ4v) is 3.24. The van der Waals surface area contributed by atoms with E-state index in [0.29, 0.717) is 11.3 Å². The Balaban J connectivity index is 1.89. The van der Waals surface area contributed by atoms with Crippen molar-refractivity contribution in [1.29, 1.82) is 0 Å². The third kappa shape index (κ3) is 2.09. The van der Waals surface area contributed by atoms with Crippen LogP contribution in [0.4, 0.5) is 0 Å². The van der Waals surface area contributed by atoms with Gasteiger partial charge in [-0.3, -0.25) is 4.79 Å². The Bertz CT molecular complexity index is 940. The third-order valence-corrected chi connectivity index (χ3v) is 4.45. The third-order valence-electron chi connectivity index (χ3n) is 4.45. The van der Waals surface area contributed by atoms with Gasteiger partial charge in [-0.15, -0.1) is 0 Å². The summed E-state index contributed by atoms with van der Waals surface area (Å²) in [6.07, 6.45) is 0. The Morgan fingerprint density at radius 1 is 0.667 bits per heavy atom. The van der Waals surface area contributed by atoms with Crippen molar-refractivity contribution in [2.24, 2.45) is 0 Å². The Hall–Kier alpha value is -3.07. The molecule has 0 fully saturated rings. The average Bonchev–Trinajstić information content (AvgIpc) is 2.94. The van der Waals surface area contributed by atoms with Crippen LogP contribution in [-0.4, -0.2) is 20.0 Å². The molecule has 118 valence electrons. The minimum Gasteiger partial charge on any atom is -0.497 e. The van der Waals surface area contributed by atoms with E-state index in [0.717, 1.165) is 33.6 Å². The predicted octanol–water partition coefficient (Wildman–Crippen LogP) is 4.58. The molecular weight excluding hydrogens is 300 g/mol. The van der Waals surface area contributed by atoms with Crippen molar-refractivity contribution in [1.82, 2.24) is 0 Å². The second-order valence-electron chi connectivity index (χ2n) is 5.70. The van der Waals surface area contributed by atoms with Crippen LogP contribution in [0.15, 0.2) is 60.7 Å². The minimum absolute atomic E-state index is 0.0466. The smallest absolute Gasteiger partial charge is 0.195 e. The van der Waals surface area contributed by atoms with Gasteiger partial charge in [0.2, 0.25) is 0 Å². The first-order valence-corrected chi connectivity index (χ1v) is 7.73. The van der Waals surface area contributed by atoms with E-state index in [1.807, 2.05) is 60.7 Å². The molecule has 0 N–H and O–H groups in total. The Labute approximate surface area is 140 Å². The quantitative estimate of drug-likeness (QED) is 0.555. The van der Waals surface area contributed by atoms with Gasteiger partial charge in [0.05, 0.1) is 14.2 Å². The fraction of sp³-hybridized carbons (Fsp3) is 0.0952. The summed E-state index contributed by atoms with van der Waals surface area (Å²) in [4.78, 5) is 13.0. The maximum absolute atomic E-state index is 13.0. The molecule has 4 rings (SSSR count). The zero-order valence-corrected chi connectivity index (χ0v) is 13.5. The number of carbonyl (C=O) groups is 1. The highest BCUT2D eigenvalue weighted by molar-refractivity contribution is 6.24. The maximum atomic E-state index is 13.0. The van der Waals surface area contributed by atoms with Crippen LogP contribution in [0.1, 0.15) is 15.9 Å². The second-order valence-corrected chi connectivity index (χ2v) is 5.70. The van der Waals surface area contributed by atoms with Crippen LogP contribution in [0.3, 0.4) is 0 Å². The van der Waals surface area contributed by atoms with Crippen LogP contribution >= 0.6 is 0 Å². The number of fused-ring (bicyclic) bond motifs is 3. The largest absolute Gasteiger partial charge is 0.497 e. The van der Waals surface area contributed by atoms with Gasteiger partial charge in [-0.1, -0.05) is 30.3 Å². The molecule has 0 aromatic heterocycles. The monoisotopic (exact) mass is 316 g/mol. The number of ether oxygens (including phenoxy) is 2. The summed E-state index contributed by atoms with van der Waals surface area (Å²) in [6.45, 7) is 0. The van der Waals surface area contributed by atoms with Crippen molar-refractivity contribution in [3.8, 4) is 33.8 Å². The van der Waals surface area contributed by atoms with Gasteiger partial charge in [0.15, 0.2) is 5.78 Å². The molecule has 3 nitrogen and oxygen atoms in total. The van der Waals surface area contributed by atoms with Gasteiger partial charge in [0.1, 0.15) is 11.5 Å². The summed E-state index contributed by atoms with van der Waals surface area (Å²) in [5, 5.41) is 0. The van der Waals surface area contributed by atoms with Crippen LogP contribution in [-0.2, 0) is 0 Å². The van der Waals surface area contributed by atoms with Crippen LogP contribution in [0, 0.1) is 0 Å². The molecular formula is C21H16O3. The van der Waals surface area contributed by atoms with Crippen LogP contribution in [0.25, 0.3) is 22.3 Å². The first-order chi connectivity index (χ1) is 11.7. The SMILES string of the molecule is COc1ccc(-c2cccc3c2C(=O)c2cc(OC)ccc2-3)cc1. The molecule has 0 saturated carbocycles. The minimum atomic E-state index is 0.0466. The summed E-state index contributed by atoms with van der Waals surface area (Å²) in [5.41, 5.74) is 5.34. The molecule has 0 spiro atoms. The standard InChI is InChI=1S/C21H16O3/c1-23-14-8-6-13(7-9-14)16-4-3-5-18-17-11-10-15(24-2)12-19(17)21(22)20(16)18/h3-12H,1-2H3. The summed E-state index contributed by atoms with van der Waals surface area (Å²) in [7, 11) is 3.25. The molecule has 3 aromatic rings. The van der Waals surface area contributed by atoms with Crippen molar-refractivity contribution < 1.29 is 14.3 Å². The molecule has 3 aromatic carbocycles. The lowest BCUT2D eigenvalue weighted by Gasteiger charge is -2.08. The highest BCUT2D eigenvalue weighted by Crippen LogP contribution is 2.42. The first kappa shape index (κ1) is 14.5. The molecule has 0 atom stereocenters. The van der Waals surface area contributed by atoms with Gasteiger partial charge in [-0.05, 0) is 52.6 Å². The van der Waals surface area contributed by atoms with Gasteiger partial charge in [-0.25, -0.2) is 0 Å². The normalized spacial score (nSPS) is 11.8. The van der Waals surface area contributed by atoms with E-state index in [4.69, 9.17) is 9.47 Å². The molecule has 24 heavy (non-hydrogen) atoms. The molecule has 0 unspecified atom stereocenters. The van der Waals surface area contributed by atoms with E-state index in [9.17, 15) is 4.79 Å². The first-order valence-electron chi connectivity index (χ1n) is 7.73. The van der Waals surface area contributed by atoms with Crippen molar-refractivity contribution in [3.05, 3.63) is 71.8 Å². The van der Waals surface area contributed by atoms with E-state index < -0.39 is 0 Å². The van der Waals surface area contributed by atoms with Crippen LogP contribution < -0.4 is 9.47 Å². The van der Waals surface area contributed by atoms with Crippen molar-refractivity contribution in [2.75, 3.05) is 14.2 Å². The zero-order chi connectivity index (χ0) is 16.7. The summed E-state index contributed by atoms with van der Waals surface area (Å²) in [6, 6.07) is 19.4. The number of methoxy groups -OCH3 is 2. The lowest BCUT2D eigenvalue weighted by molar-refractivity contribution is 0.104. The summed E-state index contributed by atoms with van der Waals surface area (Å²) in [5.74, 6) is 1.54. The van der Waals surface area contributed by atoms with Gasteiger partial charge < -0.3 is 9.47 Å². The fourth-order valence-electron chi connectivity index (χ4n) is 3.24. The van der Waals surface area contributed by atoms with E-state index in [2.05, 4.69) is 0 Å². The van der Waals surface area contributed by atoms with Crippen LogP contribution in [0.2, 0.25) is 0 Å². The summed E-state index contributed by atoms with van der Waals surface area (Å²) >= 11 is 0. The van der Waals surface area contributed by atoms with Crippen molar-refractivity contribution >= 4 is 5.78 Å². The van der Waals surface area contributed by atoms with E-state index in [1.165, 1.54) is 0 Å². The van der Waals surface area contributed by atoms with Crippen molar-refractivity contribution in [2.45, 2.75) is 0 Å². The Morgan fingerprint density at radius 3 is 2.04 bits per heavy atom. The maximum Gasteiger partial charge on any atom is 0.195 e. The van der Waals surface area contributed by atoms with E-state index in [-0.39, 0.29) is 5.78 Å². The molecule has 0 bridgehead atoms. The molecule has 3 heteroatoms. The highest BCUT2D eigenvalue weighted by Gasteiger charge is 2.29. The van der Waals surface area contributed by atoms with Gasteiger partial charge in [0, 0.05) is 11.1 Å². The highest BCUT2D eigenvalue weighted by atomic mass is 16.5. The number of benzene rings is 3. The zero-order valence-electron chi connectivity index (χ0n) is 13.5. The van der Waals surface area contributed by atoms with Gasteiger partial charge >= 0.3 is 0 Å². The average molecular weight is 316 g/mol. The molecule has 0 heterocycles. The lowest BCUT2D eigenvalue weighted by atomic mass is 9.95. The predicted molar refractivity (Wildman–Crippen MR) is 93.9 cm³/mol. The lowest BCUT2D eigenvalue weighted by Crippen LogP contribution is -1.98. The van der Waals surface area contributed by atoms with Crippen molar-refractivity contribution in [3.63, 3.8) is 0 Å². The van der Waals surface area contributed by atoms with Gasteiger partial charge in [-0.2, -0.15) is 0 Å². The molecule has 1 aliphatic carbocycles. The van der Waals surface area contributed by atoms with E-state index in [1.54, 1.807) is 14.2 Å². The Kier molecular flexibility index (Phi) is 3.35. The van der Waals surface area contributed by atoms with Crippen LogP contribution in [0.5, 0.6) is 11.5 Å². The molecule has 0 radical (unpaired) electrons. The molecule has 1 aliphatic rings. The Morgan fingerprint density at radius 2 is 1.33 bits per heavy atom. The molecule has 0 aliphatic heterocycles. The molecule has 0 amide bonds. The van der Waals surface area contributed by atoms with E-state index >= 15 is 0 Å². The topological polar surface area (TPSA) is 35.5 Å².